The maximum atomic E-state index is 6.33. The first-order chi connectivity index (χ1) is 9.50. The Morgan fingerprint density at radius 2 is 1.81 bits per heavy atom. The van der Waals surface area contributed by atoms with Crippen molar-refractivity contribution in [2.45, 2.75) is 103 Å². The minimum atomic E-state index is -0.0409. The van der Waals surface area contributed by atoms with Gasteiger partial charge in [-0.05, 0) is 74.3 Å². The van der Waals surface area contributed by atoms with Crippen molar-refractivity contribution >= 4 is 0 Å². The summed E-state index contributed by atoms with van der Waals surface area (Å²) >= 11 is 0. The molecule has 3 nitrogen and oxygen atoms in total. The maximum absolute atomic E-state index is 6.33. The Hall–Kier alpha value is -0.120. The second-order valence-corrected chi connectivity index (χ2v) is 9.20. The molecule has 0 aromatic carbocycles. The molecule has 0 amide bonds. The molecule has 21 heavy (non-hydrogen) atoms. The fourth-order valence-corrected chi connectivity index (χ4v) is 4.13. The predicted octanol–water partition coefficient (Wildman–Crippen LogP) is 3.58. The van der Waals surface area contributed by atoms with Crippen LogP contribution in [0.2, 0.25) is 0 Å². The molecule has 2 fully saturated rings. The zero-order chi connectivity index (χ0) is 15.9. The molecule has 2 aliphatic heterocycles. The smallest absolute Gasteiger partial charge is 0.0789 e. The average Bonchev–Trinajstić information content (AvgIpc) is 2.54. The summed E-state index contributed by atoms with van der Waals surface area (Å²) in [4.78, 5) is 2.75. The zero-order valence-electron chi connectivity index (χ0n) is 15.3. The lowest BCUT2D eigenvalue weighted by Gasteiger charge is -2.44. The van der Waals surface area contributed by atoms with Crippen LogP contribution in [0.15, 0.2) is 0 Å². The number of likely N-dealkylation sites (tertiary alicyclic amines) is 1. The summed E-state index contributed by atoms with van der Waals surface area (Å²) in [7, 11) is 0. The van der Waals surface area contributed by atoms with E-state index in [0.29, 0.717) is 12.1 Å². The summed E-state index contributed by atoms with van der Waals surface area (Å²) in [6, 6.07) is 1.19. The molecule has 2 aliphatic rings. The van der Waals surface area contributed by atoms with Gasteiger partial charge in [-0.3, -0.25) is 4.90 Å². The van der Waals surface area contributed by atoms with Gasteiger partial charge in [-0.1, -0.05) is 6.42 Å². The Kier molecular flexibility index (Phi) is 4.78. The lowest BCUT2D eigenvalue weighted by molar-refractivity contribution is -0.0866. The maximum Gasteiger partial charge on any atom is 0.0789 e. The van der Waals surface area contributed by atoms with Crippen LogP contribution in [-0.4, -0.2) is 46.8 Å². The quantitative estimate of drug-likeness (QED) is 0.861. The summed E-state index contributed by atoms with van der Waals surface area (Å²) in [5.74, 6) is 0. The molecule has 0 radical (unpaired) electrons. The van der Waals surface area contributed by atoms with Gasteiger partial charge < -0.3 is 10.1 Å². The first-order valence-electron chi connectivity index (χ1n) is 8.71. The van der Waals surface area contributed by atoms with Gasteiger partial charge in [-0.25, -0.2) is 0 Å². The topological polar surface area (TPSA) is 24.5 Å². The van der Waals surface area contributed by atoms with Crippen LogP contribution in [-0.2, 0) is 4.74 Å². The third kappa shape index (κ3) is 4.43. The highest BCUT2D eigenvalue weighted by Gasteiger charge is 2.49. The standard InChI is InChI=1S/C18H36N2O/c1-16(2,3)19-13-14-10-8-9-11-20(14)15-12-17(4,5)21-18(15,6)7/h14-15,19H,8-13H2,1-7H3. The van der Waals surface area contributed by atoms with Gasteiger partial charge in [0.1, 0.15) is 0 Å². The molecule has 0 bridgehead atoms. The molecule has 0 saturated carbocycles. The first-order valence-corrected chi connectivity index (χ1v) is 8.71. The van der Waals surface area contributed by atoms with Gasteiger partial charge in [-0.15, -0.1) is 0 Å². The van der Waals surface area contributed by atoms with Crippen molar-refractivity contribution in [3.63, 3.8) is 0 Å². The third-order valence-electron chi connectivity index (χ3n) is 4.97. The lowest BCUT2D eigenvalue weighted by atomic mass is 9.88. The number of hydrogen-bond donors (Lipinski definition) is 1. The van der Waals surface area contributed by atoms with Gasteiger partial charge in [0.2, 0.25) is 0 Å². The Morgan fingerprint density at radius 3 is 2.33 bits per heavy atom. The van der Waals surface area contributed by atoms with Crippen molar-refractivity contribution in [3.05, 3.63) is 0 Å². The van der Waals surface area contributed by atoms with Gasteiger partial charge in [0.05, 0.1) is 11.2 Å². The normalized spacial score (nSPS) is 33.3. The van der Waals surface area contributed by atoms with Crippen LogP contribution in [0.4, 0.5) is 0 Å². The molecule has 0 aromatic heterocycles. The number of nitrogens with one attached hydrogen (secondary N) is 1. The molecular formula is C18H36N2O. The molecule has 2 atom stereocenters. The van der Waals surface area contributed by atoms with Crippen LogP contribution in [0, 0.1) is 0 Å². The molecule has 0 spiro atoms. The van der Waals surface area contributed by atoms with Crippen molar-refractivity contribution in [1.82, 2.24) is 10.2 Å². The second-order valence-electron chi connectivity index (χ2n) is 9.20. The fourth-order valence-electron chi connectivity index (χ4n) is 4.13. The van der Waals surface area contributed by atoms with Gasteiger partial charge in [0.15, 0.2) is 0 Å². The molecule has 3 heteroatoms. The predicted molar refractivity (Wildman–Crippen MR) is 89.7 cm³/mol. The number of rotatable bonds is 3. The van der Waals surface area contributed by atoms with E-state index in [1.54, 1.807) is 0 Å². The monoisotopic (exact) mass is 296 g/mol. The summed E-state index contributed by atoms with van der Waals surface area (Å²) < 4.78 is 6.33. The molecular weight excluding hydrogens is 260 g/mol. The van der Waals surface area contributed by atoms with Crippen molar-refractivity contribution in [1.29, 1.82) is 0 Å². The third-order valence-corrected chi connectivity index (χ3v) is 4.97. The fraction of sp³-hybridized carbons (Fsp3) is 1.00. The molecule has 124 valence electrons. The minimum absolute atomic E-state index is 0.00756. The highest BCUT2D eigenvalue weighted by atomic mass is 16.5. The SMILES string of the molecule is CC(C)(C)NCC1CCCCN1C1CC(C)(C)OC1(C)C. The van der Waals surface area contributed by atoms with Crippen molar-refractivity contribution in [2.75, 3.05) is 13.1 Å². The van der Waals surface area contributed by atoms with E-state index in [9.17, 15) is 0 Å². The molecule has 2 heterocycles. The Morgan fingerprint density at radius 1 is 1.14 bits per heavy atom. The van der Waals surface area contributed by atoms with Crippen LogP contribution < -0.4 is 5.32 Å². The molecule has 0 aliphatic carbocycles. The van der Waals surface area contributed by atoms with Crippen LogP contribution in [0.1, 0.15) is 74.1 Å². The van der Waals surface area contributed by atoms with Crippen molar-refractivity contribution in [2.24, 2.45) is 0 Å². The van der Waals surface area contributed by atoms with E-state index < -0.39 is 0 Å². The van der Waals surface area contributed by atoms with Gasteiger partial charge in [0.25, 0.3) is 0 Å². The zero-order valence-corrected chi connectivity index (χ0v) is 15.3. The molecule has 1 N–H and O–H groups in total. The molecule has 2 unspecified atom stereocenters. The van der Waals surface area contributed by atoms with Crippen molar-refractivity contribution in [3.8, 4) is 0 Å². The Bertz CT molecular complexity index is 357. The molecule has 2 saturated heterocycles. The van der Waals surface area contributed by atoms with E-state index in [1.165, 1.54) is 25.8 Å². The van der Waals surface area contributed by atoms with Gasteiger partial charge >= 0.3 is 0 Å². The number of ether oxygens (including phenoxy) is 1. The Labute approximate surface area is 131 Å². The van der Waals surface area contributed by atoms with Gasteiger partial charge in [-0.2, -0.15) is 0 Å². The van der Waals surface area contributed by atoms with E-state index in [0.717, 1.165) is 13.0 Å². The second kappa shape index (κ2) is 5.82. The van der Waals surface area contributed by atoms with E-state index in [1.807, 2.05) is 0 Å². The number of nitrogens with zero attached hydrogens (tertiary/aromatic N) is 1. The van der Waals surface area contributed by atoms with Crippen LogP contribution in [0.3, 0.4) is 0 Å². The highest BCUT2D eigenvalue weighted by Crippen LogP contribution is 2.42. The van der Waals surface area contributed by atoms with Gasteiger partial charge in [0, 0.05) is 24.2 Å². The summed E-state index contributed by atoms with van der Waals surface area (Å²) in [5.41, 5.74) is 0.165. The molecule has 0 aromatic rings. The van der Waals surface area contributed by atoms with Crippen molar-refractivity contribution < 1.29 is 4.74 Å². The first kappa shape index (κ1) is 17.2. The Balaban J connectivity index is 2.08. The minimum Gasteiger partial charge on any atom is -0.368 e. The van der Waals surface area contributed by atoms with E-state index in [2.05, 4.69) is 58.7 Å². The summed E-state index contributed by atoms with van der Waals surface area (Å²) in [6.45, 7) is 18.1. The number of piperidine rings is 1. The van der Waals surface area contributed by atoms with Crippen LogP contribution in [0.5, 0.6) is 0 Å². The average molecular weight is 296 g/mol. The summed E-state index contributed by atoms with van der Waals surface area (Å²) in [5, 5.41) is 3.71. The highest BCUT2D eigenvalue weighted by molar-refractivity contribution is 5.02. The number of hydrogen-bond acceptors (Lipinski definition) is 3. The van der Waals surface area contributed by atoms with Crippen LogP contribution >= 0.6 is 0 Å². The van der Waals surface area contributed by atoms with E-state index in [4.69, 9.17) is 4.74 Å². The van der Waals surface area contributed by atoms with E-state index in [-0.39, 0.29) is 16.7 Å². The van der Waals surface area contributed by atoms with Crippen LogP contribution in [0.25, 0.3) is 0 Å². The lowest BCUT2D eigenvalue weighted by Crippen LogP contribution is -2.57. The van der Waals surface area contributed by atoms with E-state index >= 15 is 0 Å². The largest absolute Gasteiger partial charge is 0.368 e. The molecule has 2 rings (SSSR count). The summed E-state index contributed by atoms with van der Waals surface area (Å²) in [6.07, 6.45) is 5.16.